The molecule has 2 aliphatic rings. The number of nitrogens with zero attached hydrogens (tertiary/aromatic N) is 2. The van der Waals surface area contributed by atoms with Crippen LogP contribution in [0.15, 0.2) is 12.1 Å². The summed E-state index contributed by atoms with van der Waals surface area (Å²) in [6.07, 6.45) is 4.16. The number of rotatable bonds is 4. The molecule has 0 spiro atoms. The van der Waals surface area contributed by atoms with Gasteiger partial charge >= 0.3 is 5.97 Å². The van der Waals surface area contributed by atoms with Gasteiger partial charge in [-0.1, -0.05) is 0 Å². The lowest BCUT2D eigenvalue weighted by Crippen LogP contribution is -2.34. The maximum Gasteiger partial charge on any atom is 0.338 e. The lowest BCUT2D eigenvalue weighted by atomic mass is 10.1. The molecule has 0 saturated carbocycles. The van der Waals surface area contributed by atoms with E-state index in [1.54, 1.807) is 12.1 Å². The van der Waals surface area contributed by atoms with Gasteiger partial charge in [0.15, 0.2) is 11.5 Å². The first-order chi connectivity index (χ1) is 16.8. The third-order valence-corrected chi connectivity index (χ3v) is 6.84. The molecule has 0 amide bonds. The lowest BCUT2D eigenvalue weighted by molar-refractivity contribution is 0.0487. The Balaban J connectivity index is 1.79. The third-order valence-electron chi connectivity index (χ3n) is 6.22. The molecule has 198 valence electrons. The Kier molecular flexibility index (Phi) is 10.4. The highest BCUT2D eigenvalue weighted by molar-refractivity contribution is 7.86. The number of ether oxygens (including phenoxy) is 4. The monoisotopic (exact) mass is 514 g/mol. The summed E-state index contributed by atoms with van der Waals surface area (Å²) in [5, 5.41) is 0. The topological polar surface area (TPSA) is 104 Å². The summed E-state index contributed by atoms with van der Waals surface area (Å²) in [4.78, 5) is 17.5. The molecule has 4 bridgehead atoms. The van der Waals surface area contributed by atoms with Crippen LogP contribution in [-0.4, -0.2) is 103 Å². The van der Waals surface area contributed by atoms with E-state index < -0.39 is 22.2 Å². The van der Waals surface area contributed by atoms with Crippen LogP contribution in [0, 0.1) is 0 Å². The second kappa shape index (κ2) is 13.3. The van der Waals surface area contributed by atoms with Crippen molar-refractivity contribution < 1.29 is 36.3 Å². The van der Waals surface area contributed by atoms with Gasteiger partial charge in [0.1, 0.15) is 0 Å². The molecular formula is C24H38N2O8S. The van der Waals surface area contributed by atoms with Crippen molar-refractivity contribution in [2.75, 3.05) is 73.0 Å². The Morgan fingerprint density at radius 2 is 1.54 bits per heavy atom. The van der Waals surface area contributed by atoms with E-state index in [0.717, 1.165) is 58.4 Å². The number of carbonyl (C=O) groups is 1. The molecule has 1 aromatic rings. The zero-order valence-electron chi connectivity index (χ0n) is 21.0. The van der Waals surface area contributed by atoms with Crippen LogP contribution in [0.5, 0.6) is 17.2 Å². The van der Waals surface area contributed by atoms with Crippen molar-refractivity contribution in [1.29, 1.82) is 0 Å². The largest absolute Gasteiger partial charge is 0.493 e. The first-order valence-electron chi connectivity index (χ1n) is 12.2. The van der Waals surface area contributed by atoms with Gasteiger partial charge in [0, 0.05) is 26.2 Å². The fraction of sp³-hybridized carbons (Fsp3) is 0.708. The molecule has 2 aliphatic heterocycles. The Morgan fingerprint density at radius 3 is 2.23 bits per heavy atom. The highest BCUT2D eigenvalue weighted by Crippen LogP contribution is 2.38. The van der Waals surface area contributed by atoms with Gasteiger partial charge < -0.3 is 28.7 Å². The number of hydrogen-bond acceptors (Lipinski definition) is 10. The van der Waals surface area contributed by atoms with Crippen molar-refractivity contribution >= 4 is 16.1 Å². The van der Waals surface area contributed by atoms with Crippen molar-refractivity contribution in [3.63, 3.8) is 0 Å². The van der Waals surface area contributed by atoms with Crippen LogP contribution in [0.1, 0.15) is 42.5 Å². The number of esters is 1. The predicted octanol–water partition coefficient (Wildman–Crippen LogP) is 2.17. The van der Waals surface area contributed by atoms with Gasteiger partial charge in [-0.3, -0.25) is 4.18 Å². The smallest absolute Gasteiger partial charge is 0.338 e. The van der Waals surface area contributed by atoms with Crippen LogP contribution in [0.2, 0.25) is 0 Å². The average molecular weight is 515 g/mol. The van der Waals surface area contributed by atoms with Gasteiger partial charge in [-0.05, 0) is 57.3 Å². The van der Waals surface area contributed by atoms with Crippen LogP contribution in [-0.2, 0) is 19.0 Å². The van der Waals surface area contributed by atoms with Gasteiger partial charge in [-0.25, -0.2) is 4.79 Å². The molecular weight excluding hydrogens is 476 g/mol. The number of benzene rings is 1. The molecule has 0 N–H and O–H groups in total. The summed E-state index contributed by atoms with van der Waals surface area (Å²) in [7, 11) is -0.577. The number of cyclic esters (lactones) is 1. The summed E-state index contributed by atoms with van der Waals surface area (Å²) in [6, 6.07) is 3.17. The summed E-state index contributed by atoms with van der Waals surface area (Å²) < 4.78 is 51.3. The van der Waals surface area contributed by atoms with Crippen molar-refractivity contribution in [3.8, 4) is 17.2 Å². The molecule has 3 unspecified atom stereocenters. The minimum atomic E-state index is -3.57. The summed E-state index contributed by atoms with van der Waals surface area (Å²) in [5.74, 6) is 0.670. The standard InChI is InChI=1S/C24H38N2O8S/c1-30-21-17-19-18-22(23(21)31-2)32-15-4-7-20(34-35(3,28)29)8-12-26-10-5-9-25(13-14-26)11-6-16-33-24(19)27/h17-18,20H,4-16H2,1-3H3. The highest BCUT2D eigenvalue weighted by Gasteiger charge is 2.22. The molecule has 0 aliphatic carbocycles. The minimum absolute atomic E-state index is 0.292. The summed E-state index contributed by atoms with van der Waals surface area (Å²) in [6.45, 7) is 6.05. The maximum atomic E-state index is 12.7. The first-order valence-corrected chi connectivity index (χ1v) is 14.0. The summed E-state index contributed by atoms with van der Waals surface area (Å²) in [5.41, 5.74) is 0.319. The first kappa shape index (κ1) is 27.5. The van der Waals surface area contributed by atoms with Crippen LogP contribution in [0.4, 0.5) is 0 Å². The van der Waals surface area contributed by atoms with Crippen molar-refractivity contribution in [2.24, 2.45) is 0 Å². The van der Waals surface area contributed by atoms with E-state index >= 15 is 0 Å². The maximum absolute atomic E-state index is 12.7. The number of fused-ring (bicyclic) bond motifs is 5. The highest BCUT2D eigenvalue weighted by atomic mass is 32.2. The van der Waals surface area contributed by atoms with E-state index in [1.165, 1.54) is 14.2 Å². The third kappa shape index (κ3) is 8.82. The van der Waals surface area contributed by atoms with Crippen molar-refractivity contribution in [3.05, 3.63) is 17.7 Å². The van der Waals surface area contributed by atoms with Gasteiger partial charge in [0.25, 0.3) is 10.1 Å². The Hall–Kier alpha value is -2.08. The van der Waals surface area contributed by atoms with Crippen LogP contribution < -0.4 is 14.2 Å². The fourth-order valence-electron chi connectivity index (χ4n) is 4.47. The van der Waals surface area contributed by atoms with E-state index in [0.29, 0.717) is 55.3 Å². The Labute approximate surface area is 208 Å². The normalized spacial score (nSPS) is 25.2. The van der Waals surface area contributed by atoms with Crippen molar-refractivity contribution in [2.45, 2.75) is 38.2 Å². The molecule has 1 fully saturated rings. The molecule has 1 aromatic carbocycles. The molecule has 10 nitrogen and oxygen atoms in total. The van der Waals surface area contributed by atoms with Crippen LogP contribution in [0.25, 0.3) is 0 Å². The van der Waals surface area contributed by atoms with Gasteiger partial charge in [0.2, 0.25) is 5.75 Å². The zero-order chi connectivity index (χ0) is 25.3. The molecule has 35 heavy (non-hydrogen) atoms. The fourth-order valence-corrected chi connectivity index (χ4v) is 5.16. The van der Waals surface area contributed by atoms with E-state index in [9.17, 15) is 13.2 Å². The SMILES string of the molecule is COc1cc2cc(c1OC)OCCCC(OS(C)(=O)=O)CCN1CCCN(CCCOC2=O)CC1. The molecule has 0 radical (unpaired) electrons. The van der Waals surface area contributed by atoms with E-state index in [1.807, 2.05) is 0 Å². The quantitative estimate of drug-likeness (QED) is 0.439. The van der Waals surface area contributed by atoms with E-state index in [2.05, 4.69) is 9.80 Å². The van der Waals surface area contributed by atoms with Crippen molar-refractivity contribution in [1.82, 2.24) is 9.80 Å². The van der Waals surface area contributed by atoms with Crippen LogP contribution in [0.3, 0.4) is 0 Å². The average Bonchev–Trinajstić information content (AvgIpc) is 3.05. The predicted molar refractivity (Wildman–Crippen MR) is 131 cm³/mol. The molecule has 2 heterocycles. The molecule has 3 atom stereocenters. The Morgan fingerprint density at radius 1 is 0.857 bits per heavy atom. The molecule has 0 aromatic heterocycles. The lowest BCUT2D eigenvalue weighted by Gasteiger charge is -2.24. The van der Waals surface area contributed by atoms with E-state index in [4.69, 9.17) is 23.1 Å². The molecule has 1 saturated heterocycles. The number of methoxy groups -OCH3 is 2. The van der Waals surface area contributed by atoms with Gasteiger partial charge in [-0.2, -0.15) is 8.42 Å². The summed E-state index contributed by atoms with van der Waals surface area (Å²) >= 11 is 0. The Bertz CT molecular complexity index is 940. The second-order valence-corrected chi connectivity index (χ2v) is 10.5. The van der Waals surface area contributed by atoms with E-state index in [-0.39, 0.29) is 0 Å². The molecule has 11 heteroatoms. The van der Waals surface area contributed by atoms with Gasteiger partial charge in [-0.15, -0.1) is 0 Å². The second-order valence-electron chi connectivity index (χ2n) is 8.94. The zero-order valence-corrected chi connectivity index (χ0v) is 21.8. The number of hydrogen-bond donors (Lipinski definition) is 0. The number of carbonyl (C=O) groups excluding carboxylic acids is 1. The van der Waals surface area contributed by atoms with Gasteiger partial charge in [0.05, 0.1) is 45.4 Å². The minimum Gasteiger partial charge on any atom is -0.493 e. The van der Waals surface area contributed by atoms with Crippen LogP contribution >= 0.6 is 0 Å². The molecule has 3 rings (SSSR count).